The largest absolute Gasteiger partial charge is 0.481 e. The first kappa shape index (κ1) is 13.7. The van der Waals surface area contributed by atoms with E-state index in [1.807, 2.05) is 0 Å². The van der Waals surface area contributed by atoms with Crippen molar-refractivity contribution in [1.82, 2.24) is 4.90 Å². The van der Waals surface area contributed by atoms with E-state index < -0.39 is 29.4 Å². The lowest BCUT2D eigenvalue weighted by molar-refractivity contribution is -0.141. The van der Waals surface area contributed by atoms with Crippen molar-refractivity contribution in [2.75, 3.05) is 13.1 Å². The number of aliphatic carboxylic acids is 1. The van der Waals surface area contributed by atoms with Gasteiger partial charge in [-0.25, -0.2) is 8.78 Å². The van der Waals surface area contributed by atoms with Crippen LogP contribution in [0.25, 0.3) is 0 Å². The average molecular weight is 290 g/mol. The molecule has 0 spiro atoms. The Morgan fingerprint density at radius 1 is 1.32 bits per heavy atom. The second-order valence-corrected chi connectivity index (χ2v) is 4.73. The highest BCUT2D eigenvalue weighted by Gasteiger charge is 2.32. The summed E-state index contributed by atoms with van der Waals surface area (Å²) in [4.78, 5) is 24.1. The number of rotatable bonds is 2. The van der Waals surface area contributed by atoms with E-state index in [4.69, 9.17) is 16.7 Å². The molecular formula is C12H10ClF2NO3. The van der Waals surface area contributed by atoms with E-state index in [2.05, 4.69) is 0 Å². The third kappa shape index (κ3) is 2.68. The summed E-state index contributed by atoms with van der Waals surface area (Å²) in [6, 6.07) is 1.46. The van der Waals surface area contributed by atoms with Crippen molar-refractivity contribution in [1.29, 1.82) is 0 Å². The Morgan fingerprint density at radius 3 is 2.53 bits per heavy atom. The first-order valence-corrected chi connectivity index (χ1v) is 5.94. The van der Waals surface area contributed by atoms with Crippen molar-refractivity contribution in [3.05, 3.63) is 34.4 Å². The molecule has 0 aromatic heterocycles. The van der Waals surface area contributed by atoms with Crippen molar-refractivity contribution < 1.29 is 23.5 Å². The SMILES string of the molecule is O=C(O)[C@H]1CCN(C(=O)c2cc(F)c(F)cc2Cl)C1. The molecule has 1 aromatic carbocycles. The summed E-state index contributed by atoms with van der Waals surface area (Å²) in [6.45, 7) is 0.300. The Morgan fingerprint density at radius 2 is 1.95 bits per heavy atom. The van der Waals surface area contributed by atoms with Gasteiger partial charge in [0.15, 0.2) is 11.6 Å². The van der Waals surface area contributed by atoms with Gasteiger partial charge in [0.2, 0.25) is 0 Å². The lowest BCUT2D eigenvalue weighted by Gasteiger charge is -2.16. The molecule has 1 amide bonds. The van der Waals surface area contributed by atoms with E-state index in [-0.39, 0.29) is 23.7 Å². The molecule has 1 atom stereocenters. The third-order valence-corrected chi connectivity index (χ3v) is 3.38. The topological polar surface area (TPSA) is 57.6 Å². The summed E-state index contributed by atoms with van der Waals surface area (Å²) in [5.41, 5.74) is -0.161. The third-order valence-electron chi connectivity index (χ3n) is 3.07. The zero-order valence-corrected chi connectivity index (χ0v) is 10.5. The van der Waals surface area contributed by atoms with Gasteiger partial charge < -0.3 is 10.0 Å². The van der Waals surface area contributed by atoms with Gasteiger partial charge in [-0.3, -0.25) is 9.59 Å². The van der Waals surface area contributed by atoms with Crippen LogP contribution >= 0.6 is 11.6 Å². The van der Waals surface area contributed by atoms with E-state index in [1.165, 1.54) is 4.90 Å². The maximum atomic E-state index is 13.1. The summed E-state index contributed by atoms with van der Waals surface area (Å²) in [6.07, 6.45) is 0.336. The molecule has 0 aliphatic carbocycles. The molecule has 1 aliphatic heterocycles. The van der Waals surface area contributed by atoms with Gasteiger partial charge in [0.25, 0.3) is 5.91 Å². The summed E-state index contributed by atoms with van der Waals surface area (Å²) >= 11 is 5.70. The van der Waals surface area contributed by atoms with Crippen molar-refractivity contribution in [2.45, 2.75) is 6.42 Å². The molecule has 1 aliphatic rings. The number of carbonyl (C=O) groups excluding carboxylic acids is 1. The van der Waals surface area contributed by atoms with Crippen LogP contribution in [0.15, 0.2) is 12.1 Å². The van der Waals surface area contributed by atoms with Crippen LogP contribution in [0.1, 0.15) is 16.8 Å². The molecule has 0 radical (unpaired) electrons. The van der Waals surface area contributed by atoms with Crippen LogP contribution in [0.3, 0.4) is 0 Å². The molecule has 1 heterocycles. The van der Waals surface area contributed by atoms with Gasteiger partial charge >= 0.3 is 5.97 Å². The van der Waals surface area contributed by atoms with E-state index in [1.54, 1.807) is 0 Å². The number of likely N-dealkylation sites (tertiary alicyclic amines) is 1. The molecule has 0 saturated carbocycles. The minimum Gasteiger partial charge on any atom is -0.481 e. The molecule has 0 unspecified atom stereocenters. The smallest absolute Gasteiger partial charge is 0.308 e. The number of carbonyl (C=O) groups is 2. The average Bonchev–Trinajstić information content (AvgIpc) is 2.82. The van der Waals surface area contributed by atoms with Crippen LogP contribution in [0.4, 0.5) is 8.78 Å². The van der Waals surface area contributed by atoms with Gasteiger partial charge in [0.05, 0.1) is 16.5 Å². The summed E-state index contributed by atoms with van der Waals surface area (Å²) < 4.78 is 26.0. The Hall–Kier alpha value is -1.69. The highest BCUT2D eigenvalue weighted by atomic mass is 35.5. The molecule has 4 nitrogen and oxygen atoms in total. The van der Waals surface area contributed by atoms with Gasteiger partial charge in [-0.05, 0) is 18.6 Å². The number of hydrogen-bond acceptors (Lipinski definition) is 2. The maximum Gasteiger partial charge on any atom is 0.308 e. The predicted molar refractivity (Wildman–Crippen MR) is 63.0 cm³/mol. The van der Waals surface area contributed by atoms with Crippen molar-refractivity contribution in [3.8, 4) is 0 Å². The van der Waals surface area contributed by atoms with Gasteiger partial charge in [-0.15, -0.1) is 0 Å². The minimum absolute atomic E-state index is 0.0451. The minimum atomic E-state index is -1.17. The zero-order valence-electron chi connectivity index (χ0n) is 9.70. The fourth-order valence-electron chi connectivity index (χ4n) is 2.00. The number of carboxylic acid groups (broad SMARTS) is 1. The van der Waals surface area contributed by atoms with Crippen molar-refractivity contribution in [2.24, 2.45) is 5.92 Å². The normalized spacial score (nSPS) is 18.7. The Balaban J connectivity index is 2.22. The van der Waals surface area contributed by atoms with Crippen LogP contribution in [0, 0.1) is 17.6 Å². The number of halogens is 3. The van der Waals surface area contributed by atoms with E-state index in [0.717, 1.165) is 12.1 Å². The molecule has 19 heavy (non-hydrogen) atoms. The summed E-state index contributed by atoms with van der Waals surface area (Å²) in [5.74, 6) is -4.50. The Labute approximate surface area is 112 Å². The van der Waals surface area contributed by atoms with E-state index >= 15 is 0 Å². The maximum absolute atomic E-state index is 13.1. The molecule has 102 valence electrons. The highest BCUT2D eigenvalue weighted by Crippen LogP contribution is 2.24. The fraction of sp³-hybridized carbons (Fsp3) is 0.333. The number of benzene rings is 1. The van der Waals surface area contributed by atoms with Gasteiger partial charge in [0.1, 0.15) is 0 Å². The fourth-order valence-corrected chi connectivity index (χ4v) is 2.23. The summed E-state index contributed by atoms with van der Waals surface area (Å²) in [7, 11) is 0. The van der Waals surface area contributed by atoms with Gasteiger partial charge in [0, 0.05) is 13.1 Å². The standard InChI is InChI=1S/C12H10ClF2NO3/c13-8-4-10(15)9(14)3-7(8)11(17)16-2-1-6(5-16)12(18)19/h3-4,6H,1-2,5H2,(H,18,19)/t6-/m0/s1. The van der Waals surface area contributed by atoms with E-state index in [0.29, 0.717) is 6.42 Å². The highest BCUT2D eigenvalue weighted by molar-refractivity contribution is 6.33. The van der Waals surface area contributed by atoms with Gasteiger partial charge in [-0.2, -0.15) is 0 Å². The second-order valence-electron chi connectivity index (χ2n) is 4.32. The molecule has 1 N–H and O–H groups in total. The first-order chi connectivity index (χ1) is 8.90. The first-order valence-electron chi connectivity index (χ1n) is 5.56. The van der Waals surface area contributed by atoms with Crippen LogP contribution in [-0.4, -0.2) is 35.0 Å². The van der Waals surface area contributed by atoms with Crippen molar-refractivity contribution >= 4 is 23.5 Å². The van der Waals surface area contributed by atoms with Crippen LogP contribution in [-0.2, 0) is 4.79 Å². The van der Waals surface area contributed by atoms with Crippen LogP contribution in [0.5, 0.6) is 0 Å². The number of nitrogens with zero attached hydrogens (tertiary/aromatic N) is 1. The van der Waals surface area contributed by atoms with E-state index in [9.17, 15) is 18.4 Å². The second kappa shape index (κ2) is 5.13. The number of amides is 1. The number of hydrogen-bond donors (Lipinski definition) is 1. The predicted octanol–water partition coefficient (Wildman–Crippen LogP) is 2.16. The Kier molecular flexibility index (Phi) is 3.71. The lowest BCUT2D eigenvalue weighted by Crippen LogP contribution is -2.30. The van der Waals surface area contributed by atoms with Crippen LogP contribution in [0.2, 0.25) is 5.02 Å². The molecule has 7 heteroatoms. The lowest BCUT2D eigenvalue weighted by atomic mass is 10.1. The zero-order chi connectivity index (χ0) is 14.2. The molecule has 0 bridgehead atoms. The quantitative estimate of drug-likeness (QED) is 0.849. The molecule has 1 aromatic rings. The summed E-state index contributed by atoms with van der Waals surface area (Å²) in [5, 5.41) is 8.65. The van der Waals surface area contributed by atoms with Crippen LogP contribution < -0.4 is 0 Å². The molecular weight excluding hydrogens is 280 g/mol. The Bertz CT molecular complexity index is 550. The van der Waals surface area contributed by atoms with Gasteiger partial charge in [-0.1, -0.05) is 11.6 Å². The molecule has 2 rings (SSSR count). The monoisotopic (exact) mass is 289 g/mol. The molecule has 1 saturated heterocycles. The number of carboxylic acids is 1. The van der Waals surface area contributed by atoms with Crippen molar-refractivity contribution in [3.63, 3.8) is 0 Å². The molecule has 1 fully saturated rings.